The molecule has 0 saturated carbocycles. The van der Waals surface area contributed by atoms with Crippen LogP contribution < -0.4 is 5.32 Å². The predicted molar refractivity (Wildman–Crippen MR) is 79.7 cm³/mol. The molecule has 0 amide bonds. The third kappa shape index (κ3) is 3.67. The van der Waals surface area contributed by atoms with Gasteiger partial charge in [-0.25, -0.2) is 8.42 Å². The molecule has 0 radical (unpaired) electrons. The fourth-order valence-corrected chi connectivity index (χ4v) is 3.91. The Balaban J connectivity index is 2.10. The third-order valence-electron chi connectivity index (χ3n) is 3.60. The smallest absolute Gasteiger partial charge is 0.164 e. The van der Waals surface area contributed by atoms with Gasteiger partial charge in [0.2, 0.25) is 0 Å². The van der Waals surface area contributed by atoms with Gasteiger partial charge in [-0.15, -0.1) is 0 Å². The molecule has 0 spiro atoms. The standard InChI is InChI=1S/C15H21NO3S/c1-2-9-20(18,19)10-7-15(17)14-5-3-4-12-11-16-8-6-13(12)14/h3-5,16H,2,6-11H2,1H3. The van der Waals surface area contributed by atoms with E-state index in [-0.39, 0.29) is 23.7 Å². The first-order valence-electron chi connectivity index (χ1n) is 7.08. The van der Waals surface area contributed by atoms with Crippen LogP contribution in [-0.2, 0) is 22.8 Å². The average molecular weight is 295 g/mol. The molecule has 1 aliphatic rings. The Kier molecular flexibility index (Phi) is 4.94. The second kappa shape index (κ2) is 6.50. The van der Waals surface area contributed by atoms with Crippen LogP contribution in [-0.4, -0.2) is 32.3 Å². The number of hydrogen-bond donors (Lipinski definition) is 1. The lowest BCUT2D eigenvalue weighted by Crippen LogP contribution is -2.25. The predicted octanol–water partition coefficient (Wildman–Crippen LogP) is 1.73. The SMILES string of the molecule is CCCS(=O)(=O)CCC(=O)c1cccc2c1CCNC2. The van der Waals surface area contributed by atoms with Crippen molar-refractivity contribution in [3.8, 4) is 0 Å². The molecule has 0 unspecified atom stereocenters. The molecule has 1 aromatic rings. The summed E-state index contributed by atoms with van der Waals surface area (Å²) >= 11 is 0. The van der Waals surface area contributed by atoms with Crippen LogP contribution in [0.1, 0.15) is 41.3 Å². The van der Waals surface area contributed by atoms with Gasteiger partial charge in [-0.3, -0.25) is 4.79 Å². The zero-order valence-electron chi connectivity index (χ0n) is 11.8. The minimum absolute atomic E-state index is 0.0401. The summed E-state index contributed by atoms with van der Waals surface area (Å²) in [6.07, 6.45) is 1.52. The molecule has 20 heavy (non-hydrogen) atoms. The minimum Gasteiger partial charge on any atom is -0.312 e. The monoisotopic (exact) mass is 295 g/mol. The van der Waals surface area contributed by atoms with Crippen molar-refractivity contribution >= 4 is 15.6 Å². The van der Waals surface area contributed by atoms with Crippen molar-refractivity contribution in [3.63, 3.8) is 0 Å². The van der Waals surface area contributed by atoms with Gasteiger partial charge in [-0.05, 0) is 30.5 Å². The summed E-state index contributed by atoms with van der Waals surface area (Å²) in [5.41, 5.74) is 2.94. The lowest BCUT2D eigenvalue weighted by Gasteiger charge is -2.19. The normalized spacial score (nSPS) is 14.8. The molecule has 0 atom stereocenters. The van der Waals surface area contributed by atoms with E-state index in [1.165, 1.54) is 0 Å². The van der Waals surface area contributed by atoms with Gasteiger partial charge in [0.15, 0.2) is 15.6 Å². The maximum atomic E-state index is 12.3. The Hall–Kier alpha value is -1.20. The van der Waals surface area contributed by atoms with Crippen LogP contribution in [0.15, 0.2) is 18.2 Å². The Labute approximate surface area is 120 Å². The van der Waals surface area contributed by atoms with E-state index < -0.39 is 9.84 Å². The van der Waals surface area contributed by atoms with E-state index in [2.05, 4.69) is 5.32 Å². The molecule has 1 heterocycles. The van der Waals surface area contributed by atoms with Crippen LogP contribution in [0.3, 0.4) is 0 Å². The molecule has 1 aromatic carbocycles. The molecule has 0 bridgehead atoms. The van der Waals surface area contributed by atoms with Gasteiger partial charge in [0.25, 0.3) is 0 Å². The number of sulfone groups is 1. The highest BCUT2D eigenvalue weighted by atomic mass is 32.2. The van der Waals surface area contributed by atoms with Crippen molar-refractivity contribution in [2.45, 2.75) is 32.7 Å². The fraction of sp³-hybridized carbons (Fsp3) is 0.533. The zero-order valence-corrected chi connectivity index (χ0v) is 12.6. The van der Waals surface area contributed by atoms with Crippen molar-refractivity contribution in [2.24, 2.45) is 0 Å². The largest absolute Gasteiger partial charge is 0.312 e. The topological polar surface area (TPSA) is 63.2 Å². The molecule has 0 aromatic heterocycles. The number of carbonyl (C=O) groups is 1. The lowest BCUT2D eigenvalue weighted by atomic mass is 9.92. The van der Waals surface area contributed by atoms with Gasteiger partial charge >= 0.3 is 0 Å². The number of Topliss-reactive ketones (excluding diaryl/α,β-unsaturated/α-hetero) is 1. The summed E-state index contributed by atoms with van der Waals surface area (Å²) in [5, 5.41) is 3.27. The summed E-state index contributed by atoms with van der Waals surface area (Å²) in [7, 11) is -3.09. The van der Waals surface area contributed by atoms with Crippen molar-refractivity contribution < 1.29 is 13.2 Å². The second-order valence-corrected chi connectivity index (χ2v) is 7.50. The number of nitrogens with one attached hydrogen (secondary N) is 1. The number of ketones is 1. The summed E-state index contributed by atoms with van der Waals surface area (Å²) in [4.78, 5) is 12.3. The number of rotatable bonds is 6. The first-order chi connectivity index (χ1) is 9.53. The van der Waals surface area contributed by atoms with Gasteiger partial charge in [0, 0.05) is 24.3 Å². The van der Waals surface area contributed by atoms with E-state index in [0.717, 1.165) is 30.6 Å². The lowest BCUT2D eigenvalue weighted by molar-refractivity contribution is 0.0987. The van der Waals surface area contributed by atoms with Crippen molar-refractivity contribution in [2.75, 3.05) is 18.1 Å². The number of benzene rings is 1. The van der Waals surface area contributed by atoms with E-state index in [4.69, 9.17) is 0 Å². The van der Waals surface area contributed by atoms with E-state index in [9.17, 15) is 13.2 Å². The second-order valence-electron chi connectivity index (χ2n) is 5.20. The molecule has 1 aliphatic heterocycles. The van der Waals surface area contributed by atoms with Crippen LogP contribution in [0.5, 0.6) is 0 Å². The minimum atomic E-state index is -3.09. The first-order valence-corrected chi connectivity index (χ1v) is 8.91. The fourth-order valence-electron chi connectivity index (χ4n) is 2.59. The highest BCUT2D eigenvalue weighted by molar-refractivity contribution is 7.91. The molecule has 2 rings (SSSR count). The Morgan fingerprint density at radius 2 is 2.10 bits per heavy atom. The Morgan fingerprint density at radius 3 is 2.85 bits per heavy atom. The van der Waals surface area contributed by atoms with Crippen molar-refractivity contribution in [1.29, 1.82) is 0 Å². The summed E-state index contributed by atoms with van der Waals surface area (Å²) in [6, 6.07) is 5.71. The van der Waals surface area contributed by atoms with Crippen LogP contribution in [0.25, 0.3) is 0 Å². The highest BCUT2D eigenvalue weighted by Gasteiger charge is 2.19. The van der Waals surface area contributed by atoms with E-state index in [0.29, 0.717) is 12.0 Å². The Morgan fingerprint density at radius 1 is 1.30 bits per heavy atom. The van der Waals surface area contributed by atoms with E-state index in [1.54, 1.807) is 0 Å². The summed E-state index contributed by atoms with van der Waals surface area (Å²) in [5.74, 6) is 0.0713. The van der Waals surface area contributed by atoms with Gasteiger partial charge in [0.05, 0.1) is 5.75 Å². The third-order valence-corrected chi connectivity index (χ3v) is 5.45. The molecule has 4 nitrogen and oxygen atoms in total. The van der Waals surface area contributed by atoms with Crippen LogP contribution in [0, 0.1) is 0 Å². The molecule has 0 saturated heterocycles. The quantitative estimate of drug-likeness (QED) is 0.812. The summed E-state index contributed by atoms with van der Waals surface area (Å²) in [6.45, 7) is 3.48. The summed E-state index contributed by atoms with van der Waals surface area (Å²) < 4.78 is 23.4. The van der Waals surface area contributed by atoms with Crippen molar-refractivity contribution in [1.82, 2.24) is 5.32 Å². The van der Waals surface area contributed by atoms with Gasteiger partial charge in [0.1, 0.15) is 0 Å². The maximum absolute atomic E-state index is 12.3. The number of hydrogen-bond acceptors (Lipinski definition) is 4. The molecule has 0 fully saturated rings. The maximum Gasteiger partial charge on any atom is 0.164 e. The molecule has 1 N–H and O–H groups in total. The van der Waals surface area contributed by atoms with Crippen LogP contribution in [0.4, 0.5) is 0 Å². The van der Waals surface area contributed by atoms with Crippen molar-refractivity contribution in [3.05, 3.63) is 34.9 Å². The van der Waals surface area contributed by atoms with E-state index >= 15 is 0 Å². The first kappa shape index (κ1) is 15.2. The zero-order chi connectivity index (χ0) is 14.6. The molecule has 5 heteroatoms. The number of carbonyl (C=O) groups excluding carboxylic acids is 1. The van der Waals surface area contributed by atoms with Gasteiger partial charge in [-0.1, -0.05) is 25.1 Å². The Bertz CT molecular complexity index is 593. The van der Waals surface area contributed by atoms with Crippen LogP contribution >= 0.6 is 0 Å². The molecule has 110 valence electrons. The number of fused-ring (bicyclic) bond motifs is 1. The molecule has 0 aliphatic carbocycles. The molecular formula is C15H21NO3S. The van der Waals surface area contributed by atoms with Gasteiger partial charge < -0.3 is 5.32 Å². The average Bonchev–Trinajstić information content (AvgIpc) is 2.44. The van der Waals surface area contributed by atoms with E-state index in [1.807, 2.05) is 25.1 Å². The molecular weight excluding hydrogens is 274 g/mol. The van der Waals surface area contributed by atoms with Gasteiger partial charge in [-0.2, -0.15) is 0 Å². The van der Waals surface area contributed by atoms with Crippen LogP contribution in [0.2, 0.25) is 0 Å². The highest BCUT2D eigenvalue weighted by Crippen LogP contribution is 2.20.